The topological polar surface area (TPSA) is 41.5 Å². The molecule has 0 aliphatic carbocycles. The minimum atomic E-state index is -0.377. The van der Waals surface area contributed by atoms with Crippen molar-refractivity contribution in [2.75, 3.05) is 13.2 Å². The molecule has 1 rings (SSSR count). The van der Waals surface area contributed by atoms with E-state index in [1.54, 1.807) is 0 Å². The van der Waals surface area contributed by atoms with Crippen molar-refractivity contribution in [3.63, 3.8) is 0 Å². The number of aliphatic hydroxyl groups excluding tert-OH is 1. The van der Waals surface area contributed by atoms with E-state index >= 15 is 0 Å². The molecule has 0 saturated carbocycles. The fourth-order valence-corrected chi connectivity index (χ4v) is 1.32. The zero-order valence-corrected chi connectivity index (χ0v) is 10.1. The van der Waals surface area contributed by atoms with Crippen molar-refractivity contribution in [2.24, 2.45) is 0 Å². The molecule has 3 nitrogen and oxygen atoms in total. The summed E-state index contributed by atoms with van der Waals surface area (Å²) in [5.41, 5.74) is 1.20. The number of ether oxygens (including phenoxy) is 1. The first-order valence-corrected chi connectivity index (χ1v) is 5.86. The van der Waals surface area contributed by atoms with Gasteiger partial charge in [0.1, 0.15) is 12.4 Å². The van der Waals surface area contributed by atoms with E-state index in [0.29, 0.717) is 6.61 Å². The van der Waals surface area contributed by atoms with Crippen molar-refractivity contribution in [3.8, 4) is 5.75 Å². The van der Waals surface area contributed by atoms with Crippen LogP contribution in [0.15, 0.2) is 24.3 Å². The summed E-state index contributed by atoms with van der Waals surface area (Å²) in [4.78, 5) is 0. The van der Waals surface area contributed by atoms with Crippen molar-refractivity contribution >= 4 is 0 Å². The molecule has 0 aromatic heterocycles. The highest BCUT2D eigenvalue weighted by Crippen LogP contribution is 2.13. The Morgan fingerprint density at radius 2 is 2.19 bits per heavy atom. The molecular weight excluding hydrogens is 202 g/mol. The molecule has 0 bridgehead atoms. The number of nitrogens with one attached hydrogen (secondary N) is 1. The molecule has 1 atom stereocenters. The third-order valence-electron chi connectivity index (χ3n) is 2.39. The van der Waals surface area contributed by atoms with Crippen LogP contribution in [0.4, 0.5) is 0 Å². The Morgan fingerprint density at radius 1 is 1.38 bits per heavy atom. The average molecular weight is 223 g/mol. The highest BCUT2D eigenvalue weighted by atomic mass is 16.5. The first-order chi connectivity index (χ1) is 7.76. The summed E-state index contributed by atoms with van der Waals surface area (Å²) in [5.74, 6) is 0.822. The van der Waals surface area contributed by atoms with Gasteiger partial charge in [-0.1, -0.05) is 26.0 Å². The number of hydrogen-bond acceptors (Lipinski definition) is 3. The van der Waals surface area contributed by atoms with E-state index in [1.807, 2.05) is 25.1 Å². The highest BCUT2D eigenvalue weighted by Gasteiger charge is 2.02. The van der Waals surface area contributed by atoms with Gasteiger partial charge in [-0.15, -0.1) is 0 Å². The molecule has 2 N–H and O–H groups in total. The van der Waals surface area contributed by atoms with Crippen LogP contribution in [-0.4, -0.2) is 24.4 Å². The van der Waals surface area contributed by atoms with Crippen LogP contribution in [0, 0.1) is 0 Å². The third kappa shape index (κ3) is 4.64. The molecule has 1 unspecified atom stereocenters. The maximum atomic E-state index is 9.39. The molecule has 1 aromatic rings. The van der Waals surface area contributed by atoms with Gasteiger partial charge < -0.3 is 15.2 Å². The zero-order chi connectivity index (χ0) is 11.8. The van der Waals surface area contributed by atoms with Crippen LogP contribution >= 0.6 is 0 Å². The maximum absolute atomic E-state index is 9.39. The van der Waals surface area contributed by atoms with Crippen LogP contribution in [0.25, 0.3) is 0 Å². The fraction of sp³-hybridized carbons (Fsp3) is 0.538. The zero-order valence-electron chi connectivity index (χ0n) is 10.1. The van der Waals surface area contributed by atoms with Gasteiger partial charge in [-0.25, -0.2) is 0 Å². The summed E-state index contributed by atoms with van der Waals surface area (Å²) in [6, 6.07) is 7.95. The van der Waals surface area contributed by atoms with Crippen molar-refractivity contribution in [1.29, 1.82) is 0 Å². The molecule has 0 amide bonds. The highest BCUT2D eigenvalue weighted by molar-refractivity contribution is 5.28. The monoisotopic (exact) mass is 223 g/mol. The van der Waals surface area contributed by atoms with E-state index in [0.717, 1.165) is 25.3 Å². The largest absolute Gasteiger partial charge is 0.491 e. The van der Waals surface area contributed by atoms with E-state index in [1.165, 1.54) is 5.56 Å². The van der Waals surface area contributed by atoms with Crippen molar-refractivity contribution < 1.29 is 9.84 Å². The number of hydrogen-bond donors (Lipinski definition) is 2. The molecule has 3 heteroatoms. The summed E-state index contributed by atoms with van der Waals surface area (Å²) in [7, 11) is 0. The van der Waals surface area contributed by atoms with Gasteiger partial charge in [-0.3, -0.25) is 0 Å². The lowest BCUT2D eigenvalue weighted by atomic mass is 10.2. The lowest BCUT2D eigenvalue weighted by Gasteiger charge is -2.11. The third-order valence-corrected chi connectivity index (χ3v) is 2.39. The van der Waals surface area contributed by atoms with Crippen LogP contribution in [-0.2, 0) is 6.54 Å². The Bertz CT molecular complexity index is 302. The first kappa shape index (κ1) is 13.0. The average Bonchev–Trinajstić information content (AvgIpc) is 2.34. The molecule has 0 heterocycles. The normalized spacial score (nSPS) is 12.4. The molecule has 90 valence electrons. The van der Waals surface area contributed by atoms with Gasteiger partial charge in [0.25, 0.3) is 0 Å². The van der Waals surface area contributed by atoms with Crippen molar-refractivity contribution in [1.82, 2.24) is 5.32 Å². The predicted molar refractivity (Wildman–Crippen MR) is 65.6 cm³/mol. The molecule has 0 spiro atoms. The quantitative estimate of drug-likeness (QED) is 0.742. The smallest absolute Gasteiger partial charge is 0.119 e. The van der Waals surface area contributed by atoms with E-state index < -0.39 is 0 Å². The standard InChI is InChI=1S/C13H21NO2/c1-3-12(15)10-16-13-7-5-6-11(8-13)9-14-4-2/h5-8,12,14-15H,3-4,9-10H2,1-2H3. The fourth-order valence-electron chi connectivity index (χ4n) is 1.32. The number of rotatable bonds is 7. The molecule has 0 aliphatic heterocycles. The summed E-state index contributed by atoms with van der Waals surface area (Å²) in [6.45, 7) is 6.19. The Morgan fingerprint density at radius 3 is 2.88 bits per heavy atom. The van der Waals surface area contributed by atoms with E-state index in [4.69, 9.17) is 4.74 Å². The molecular formula is C13H21NO2. The van der Waals surface area contributed by atoms with Crippen molar-refractivity contribution in [3.05, 3.63) is 29.8 Å². The van der Waals surface area contributed by atoms with Gasteiger partial charge in [0, 0.05) is 6.54 Å². The Kier molecular flexibility index (Phi) is 5.90. The van der Waals surface area contributed by atoms with Gasteiger partial charge in [-0.2, -0.15) is 0 Å². The Hall–Kier alpha value is -1.06. The summed E-state index contributed by atoms with van der Waals surface area (Å²) < 4.78 is 5.50. The van der Waals surface area contributed by atoms with E-state index in [-0.39, 0.29) is 6.10 Å². The molecule has 1 aromatic carbocycles. The summed E-state index contributed by atoms with van der Waals surface area (Å²) in [5, 5.41) is 12.7. The summed E-state index contributed by atoms with van der Waals surface area (Å²) >= 11 is 0. The maximum Gasteiger partial charge on any atom is 0.119 e. The van der Waals surface area contributed by atoms with Gasteiger partial charge in [0.2, 0.25) is 0 Å². The lowest BCUT2D eigenvalue weighted by Crippen LogP contribution is -2.16. The van der Waals surface area contributed by atoms with Gasteiger partial charge in [0.05, 0.1) is 6.10 Å². The number of benzene rings is 1. The minimum absolute atomic E-state index is 0.362. The molecule has 0 saturated heterocycles. The van der Waals surface area contributed by atoms with Crippen LogP contribution in [0.2, 0.25) is 0 Å². The molecule has 0 fully saturated rings. The molecule has 16 heavy (non-hydrogen) atoms. The molecule has 0 radical (unpaired) electrons. The second kappa shape index (κ2) is 7.25. The van der Waals surface area contributed by atoms with Crippen LogP contribution in [0.1, 0.15) is 25.8 Å². The van der Waals surface area contributed by atoms with Crippen molar-refractivity contribution in [2.45, 2.75) is 32.9 Å². The second-order valence-electron chi connectivity index (χ2n) is 3.80. The molecule has 0 aliphatic rings. The number of aliphatic hydroxyl groups is 1. The van der Waals surface area contributed by atoms with E-state index in [2.05, 4.69) is 18.3 Å². The van der Waals surface area contributed by atoms with Crippen LogP contribution in [0.3, 0.4) is 0 Å². The lowest BCUT2D eigenvalue weighted by molar-refractivity contribution is 0.104. The SMILES string of the molecule is CCNCc1cccc(OCC(O)CC)c1. The second-order valence-corrected chi connectivity index (χ2v) is 3.80. The van der Waals surface area contributed by atoms with Gasteiger partial charge >= 0.3 is 0 Å². The first-order valence-electron chi connectivity index (χ1n) is 5.86. The Balaban J connectivity index is 2.46. The van der Waals surface area contributed by atoms with Gasteiger partial charge in [0.15, 0.2) is 0 Å². The Labute approximate surface area is 97.4 Å². The van der Waals surface area contributed by atoms with Crippen LogP contribution < -0.4 is 10.1 Å². The predicted octanol–water partition coefficient (Wildman–Crippen LogP) is 1.95. The minimum Gasteiger partial charge on any atom is -0.491 e. The van der Waals surface area contributed by atoms with E-state index in [9.17, 15) is 5.11 Å². The van der Waals surface area contributed by atoms with Gasteiger partial charge in [-0.05, 0) is 30.7 Å². The summed E-state index contributed by atoms with van der Waals surface area (Å²) in [6.07, 6.45) is 0.342. The van der Waals surface area contributed by atoms with Crippen LogP contribution in [0.5, 0.6) is 5.75 Å².